The summed E-state index contributed by atoms with van der Waals surface area (Å²) in [6.45, 7) is 0.285. The van der Waals surface area contributed by atoms with Gasteiger partial charge in [0.2, 0.25) is 11.7 Å². The second-order valence-corrected chi connectivity index (χ2v) is 6.33. The molecule has 0 aliphatic carbocycles. The molecule has 2 N–H and O–H groups in total. The monoisotopic (exact) mass is 374 g/mol. The van der Waals surface area contributed by atoms with E-state index in [9.17, 15) is 18.8 Å². The van der Waals surface area contributed by atoms with E-state index in [1.165, 1.54) is 35.2 Å². The van der Waals surface area contributed by atoms with Gasteiger partial charge in [-0.25, -0.2) is 9.18 Å². The fraction of sp³-hybridized carbons (Fsp3) is 0.316. The molecule has 1 atom stereocenters. The first-order valence-electron chi connectivity index (χ1n) is 8.54. The third kappa shape index (κ3) is 4.52. The summed E-state index contributed by atoms with van der Waals surface area (Å²) < 4.78 is 23.4. The lowest BCUT2D eigenvalue weighted by atomic mass is 9.97. The van der Waals surface area contributed by atoms with Crippen LogP contribution in [0.15, 0.2) is 40.8 Å². The van der Waals surface area contributed by atoms with Crippen LogP contribution in [0, 0.1) is 11.7 Å². The number of rotatable bonds is 5. The predicted molar refractivity (Wildman–Crippen MR) is 92.9 cm³/mol. The lowest BCUT2D eigenvalue weighted by molar-refractivity contribution is -0.137. The molecule has 1 aliphatic heterocycles. The highest BCUT2D eigenvalue weighted by Crippen LogP contribution is 2.23. The molecule has 8 heteroatoms. The number of hydrogen-bond acceptors (Lipinski definition) is 5. The zero-order chi connectivity index (χ0) is 19.4. The smallest absolute Gasteiger partial charge is 0.374 e. The molecule has 142 valence electrons. The average Bonchev–Trinajstić information content (AvgIpc) is 3.16. The van der Waals surface area contributed by atoms with E-state index < -0.39 is 18.5 Å². The summed E-state index contributed by atoms with van der Waals surface area (Å²) >= 11 is 0. The number of benzene rings is 1. The number of amides is 2. The number of furan rings is 1. The number of nitrogens with zero attached hydrogens (tertiary/aromatic N) is 1. The SMILES string of the molecule is NC(=O)[C@@H]1CCCN(C(=O)COC(=O)c2ccc(-c3ccc(F)cc3)o2)C1. The van der Waals surface area contributed by atoms with Crippen molar-refractivity contribution in [2.45, 2.75) is 12.8 Å². The summed E-state index contributed by atoms with van der Waals surface area (Å²) in [6.07, 6.45) is 1.32. The Morgan fingerprint density at radius 2 is 1.93 bits per heavy atom. The number of carbonyl (C=O) groups excluding carboxylic acids is 3. The molecular formula is C19H19FN2O5. The average molecular weight is 374 g/mol. The van der Waals surface area contributed by atoms with Crippen LogP contribution in [0.3, 0.4) is 0 Å². The van der Waals surface area contributed by atoms with Crippen molar-refractivity contribution in [3.8, 4) is 11.3 Å². The second kappa shape index (κ2) is 8.03. The number of nitrogens with two attached hydrogens (primary N) is 1. The number of primary amides is 1. The molecular weight excluding hydrogens is 355 g/mol. The maximum Gasteiger partial charge on any atom is 0.374 e. The number of esters is 1. The summed E-state index contributed by atoms with van der Waals surface area (Å²) in [4.78, 5) is 37.0. The first-order chi connectivity index (χ1) is 12.9. The number of likely N-dealkylation sites (tertiary alicyclic amines) is 1. The molecule has 3 rings (SSSR count). The summed E-state index contributed by atoms with van der Waals surface area (Å²) in [7, 11) is 0. The van der Waals surface area contributed by atoms with Crippen molar-refractivity contribution >= 4 is 17.8 Å². The third-order valence-corrected chi connectivity index (χ3v) is 4.44. The highest BCUT2D eigenvalue weighted by atomic mass is 19.1. The van der Waals surface area contributed by atoms with Gasteiger partial charge in [-0.05, 0) is 49.2 Å². The summed E-state index contributed by atoms with van der Waals surface area (Å²) in [6, 6.07) is 8.61. The topological polar surface area (TPSA) is 103 Å². The van der Waals surface area contributed by atoms with Crippen LogP contribution in [0.25, 0.3) is 11.3 Å². The van der Waals surface area contributed by atoms with Gasteiger partial charge < -0.3 is 19.8 Å². The molecule has 1 aromatic heterocycles. The predicted octanol–water partition coefficient (Wildman–Crippen LogP) is 1.97. The molecule has 0 bridgehead atoms. The van der Waals surface area contributed by atoms with E-state index in [4.69, 9.17) is 14.9 Å². The van der Waals surface area contributed by atoms with Crippen LogP contribution in [0.5, 0.6) is 0 Å². The number of piperidine rings is 1. The first-order valence-corrected chi connectivity index (χ1v) is 8.54. The molecule has 27 heavy (non-hydrogen) atoms. The van der Waals surface area contributed by atoms with Crippen molar-refractivity contribution in [3.63, 3.8) is 0 Å². The van der Waals surface area contributed by atoms with Crippen LogP contribution < -0.4 is 5.73 Å². The fourth-order valence-electron chi connectivity index (χ4n) is 2.94. The zero-order valence-corrected chi connectivity index (χ0v) is 14.5. The normalized spacial score (nSPS) is 16.8. The van der Waals surface area contributed by atoms with Crippen molar-refractivity contribution in [2.75, 3.05) is 19.7 Å². The van der Waals surface area contributed by atoms with Crippen LogP contribution >= 0.6 is 0 Å². The Hall–Kier alpha value is -3.16. The Morgan fingerprint density at radius 1 is 1.19 bits per heavy atom. The van der Waals surface area contributed by atoms with E-state index in [0.29, 0.717) is 30.7 Å². The summed E-state index contributed by atoms with van der Waals surface area (Å²) in [5.74, 6) is -2.03. The molecule has 0 unspecified atom stereocenters. The van der Waals surface area contributed by atoms with Crippen molar-refractivity contribution in [1.29, 1.82) is 0 Å². The standard InChI is InChI=1S/C19H19FN2O5/c20-14-5-3-12(4-6-14)15-7-8-16(27-15)19(25)26-11-17(23)22-9-1-2-13(10-22)18(21)24/h3-8,13H,1-2,9-11H2,(H2,21,24)/t13-/m1/s1. The molecule has 1 saturated heterocycles. The van der Waals surface area contributed by atoms with E-state index in [1.54, 1.807) is 6.07 Å². The molecule has 1 aromatic carbocycles. The van der Waals surface area contributed by atoms with Gasteiger partial charge >= 0.3 is 5.97 Å². The summed E-state index contributed by atoms with van der Waals surface area (Å²) in [5.41, 5.74) is 5.90. The fourth-order valence-corrected chi connectivity index (χ4v) is 2.94. The Bertz CT molecular complexity index is 846. The van der Waals surface area contributed by atoms with Gasteiger partial charge in [0.1, 0.15) is 11.6 Å². The van der Waals surface area contributed by atoms with E-state index in [0.717, 1.165) is 0 Å². The van der Waals surface area contributed by atoms with Gasteiger partial charge in [0, 0.05) is 18.7 Å². The molecule has 2 aromatic rings. The zero-order valence-electron chi connectivity index (χ0n) is 14.5. The molecule has 7 nitrogen and oxygen atoms in total. The number of ether oxygens (including phenoxy) is 1. The van der Waals surface area contributed by atoms with Gasteiger partial charge in [-0.15, -0.1) is 0 Å². The molecule has 0 spiro atoms. The van der Waals surface area contributed by atoms with Gasteiger partial charge in [-0.3, -0.25) is 9.59 Å². The molecule has 1 fully saturated rings. The lowest BCUT2D eigenvalue weighted by Crippen LogP contribution is -2.45. The van der Waals surface area contributed by atoms with Crippen LogP contribution in [-0.4, -0.2) is 42.4 Å². The highest BCUT2D eigenvalue weighted by molar-refractivity contribution is 5.89. The van der Waals surface area contributed by atoms with Crippen molar-refractivity contribution in [3.05, 3.63) is 48.0 Å². The van der Waals surface area contributed by atoms with Gasteiger partial charge in [-0.2, -0.15) is 0 Å². The molecule has 2 heterocycles. The molecule has 0 saturated carbocycles. The molecule has 1 aliphatic rings. The Kier molecular flexibility index (Phi) is 5.54. The van der Waals surface area contributed by atoms with Gasteiger partial charge in [-0.1, -0.05) is 0 Å². The van der Waals surface area contributed by atoms with Crippen LogP contribution in [0.1, 0.15) is 23.4 Å². The quantitative estimate of drug-likeness (QED) is 0.806. The lowest BCUT2D eigenvalue weighted by Gasteiger charge is -2.30. The van der Waals surface area contributed by atoms with Gasteiger partial charge in [0.05, 0.1) is 5.92 Å². The Morgan fingerprint density at radius 3 is 2.63 bits per heavy atom. The maximum atomic E-state index is 13.0. The maximum absolute atomic E-state index is 13.0. The Balaban J connectivity index is 1.55. The largest absolute Gasteiger partial charge is 0.450 e. The molecule has 2 amide bonds. The minimum absolute atomic E-state index is 0.0595. The van der Waals surface area contributed by atoms with E-state index >= 15 is 0 Å². The minimum Gasteiger partial charge on any atom is -0.450 e. The molecule has 0 radical (unpaired) electrons. The number of carbonyl (C=O) groups is 3. The van der Waals surface area contributed by atoms with Crippen LogP contribution in [-0.2, 0) is 14.3 Å². The Labute approximate surface area is 154 Å². The number of halogens is 1. The first kappa shape index (κ1) is 18.6. The minimum atomic E-state index is -0.778. The van der Waals surface area contributed by atoms with E-state index in [2.05, 4.69) is 0 Å². The van der Waals surface area contributed by atoms with Crippen molar-refractivity contribution in [2.24, 2.45) is 11.7 Å². The second-order valence-electron chi connectivity index (χ2n) is 6.33. The van der Waals surface area contributed by atoms with E-state index in [-0.39, 0.29) is 29.9 Å². The van der Waals surface area contributed by atoms with Crippen LogP contribution in [0.2, 0.25) is 0 Å². The third-order valence-electron chi connectivity index (χ3n) is 4.44. The van der Waals surface area contributed by atoms with Gasteiger partial charge in [0.25, 0.3) is 5.91 Å². The highest BCUT2D eigenvalue weighted by Gasteiger charge is 2.27. The van der Waals surface area contributed by atoms with Gasteiger partial charge in [0.15, 0.2) is 6.61 Å². The van der Waals surface area contributed by atoms with Crippen LogP contribution in [0.4, 0.5) is 4.39 Å². The van der Waals surface area contributed by atoms with Crippen molar-refractivity contribution in [1.82, 2.24) is 4.90 Å². The van der Waals surface area contributed by atoms with E-state index in [1.807, 2.05) is 0 Å². The summed E-state index contributed by atoms with van der Waals surface area (Å²) in [5, 5.41) is 0. The number of hydrogen-bond donors (Lipinski definition) is 1. The van der Waals surface area contributed by atoms with Crippen molar-refractivity contribution < 1.29 is 27.9 Å².